The third kappa shape index (κ3) is 3.25. The predicted octanol–water partition coefficient (Wildman–Crippen LogP) is 5.65. The van der Waals surface area contributed by atoms with E-state index in [1.165, 1.54) is 11.3 Å². The second-order valence-electron chi connectivity index (χ2n) is 7.10. The summed E-state index contributed by atoms with van der Waals surface area (Å²) in [4.78, 5) is 9.61. The van der Waals surface area contributed by atoms with Gasteiger partial charge in [-0.1, -0.05) is 65.9 Å². The normalized spacial score (nSPS) is 11.8. The summed E-state index contributed by atoms with van der Waals surface area (Å²) in [7, 11) is 0. The largest absolute Gasteiger partial charge is 0.417 e. The molecule has 2 aromatic carbocycles. The molecule has 0 aliphatic heterocycles. The lowest BCUT2D eigenvalue weighted by Gasteiger charge is -2.03. The molecule has 0 atom stereocenters. The molecule has 34 heavy (non-hydrogen) atoms. The predicted molar refractivity (Wildman–Crippen MR) is 126 cm³/mol. The molecular formula is C26H10N6OS. The van der Waals surface area contributed by atoms with Gasteiger partial charge in [0.1, 0.15) is 40.4 Å². The van der Waals surface area contributed by atoms with Crippen molar-refractivity contribution in [1.82, 2.24) is 9.97 Å². The van der Waals surface area contributed by atoms with E-state index < -0.39 is 0 Å². The average molecular weight is 454 g/mol. The molecule has 1 aliphatic carbocycles. The molecule has 0 bridgehead atoms. The van der Waals surface area contributed by atoms with Crippen LogP contribution in [-0.2, 0) is 0 Å². The molecule has 0 N–H and O–H groups in total. The van der Waals surface area contributed by atoms with Crippen LogP contribution in [0.25, 0.3) is 38.3 Å². The van der Waals surface area contributed by atoms with Crippen LogP contribution in [0.2, 0.25) is 0 Å². The zero-order valence-corrected chi connectivity index (χ0v) is 18.1. The second-order valence-corrected chi connectivity index (χ2v) is 8.08. The topological polar surface area (TPSA) is 134 Å². The van der Waals surface area contributed by atoms with Gasteiger partial charge in [-0.2, -0.15) is 31.0 Å². The summed E-state index contributed by atoms with van der Waals surface area (Å²) in [6.07, 6.45) is 1.55. The Balaban J connectivity index is 1.73. The third-order valence-electron chi connectivity index (χ3n) is 5.23. The zero-order valence-electron chi connectivity index (χ0n) is 17.3. The number of nitrogens with zero attached hydrogens (tertiary/aromatic N) is 6. The molecule has 0 fully saturated rings. The second kappa shape index (κ2) is 8.34. The molecule has 7 nitrogen and oxygen atoms in total. The maximum Gasteiger partial charge on any atom is 0.259 e. The summed E-state index contributed by atoms with van der Waals surface area (Å²) in [6, 6.07) is 24.4. The number of thiazole rings is 1. The van der Waals surface area contributed by atoms with Gasteiger partial charge < -0.3 is 4.42 Å². The monoisotopic (exact) mass is 454 g/mol. The minimum atomic E-state index is -0.137. The van der Waals surface area contributed by atoms with Crippen LogP contribution in [0, 0.1) is 45.3 Å². The van der Waals surface area contributed by atoms with E-state index in [9.17, 15) is 21.0 Å². The summed E-state index contributed by atoms with van der Waals surface area (Å²) in [5.41, 5.74) is 3.21. The Morgan fingerprint density at radius 2 is 1.32 bits per heavy atom. The van der Waals surface area contributed by atoms with Crippen LogP contribution in [0.15, 0.2) is 75.7 Å². The van der Waals surface area contributed by atoms with Crippen LogP contribution in [0.3, 0.4) is 0 Å². The van der Waals surface area contributed by atoms with Crippen LogP contribution in [0.4, 0.5) is 0 Å². The minimum absolute atomic E-state index is 0.137. The van der Waals surface area contributed by atoms with Gasteiger partial charge in [-0.05, 0) is 16.7 Å². The Hall–Kier alpha value is -5.28. The van der Waals surface area contributed by atoms with Gasteiger partial charge in [0, 0.05) is 22.8 Å². The van der Waals surface area contributed by atoms with Gasteiger partial charge in [0.05, 0.1) is 0 Å². The van der Waals surface area contributed by atoms with E-state index in [1.54, 1.807) is 30.3 Å². The van der Waals surface area contributed by atoms with E-state index in [0.29, 0.717) is 38.4 Å². The van der Waals surface area contributed by atoms with Crippen LogP contribution in [0.1, 0.15) is 17.0 Å². The van der Waals surface area contributed by atoms with E-state index in [1.807, 2.05) is 54.6 Å². The van der Waals surface area contributed by atoms with Gasteiger partial charge in [0.15, 0.2) is 4.83 Å². The summed E-state index contributed by atoms with van der Waals surface area (Å²) >= 11 is 1.37. The fourth-order valence-electron chi connectivity index (χ4n) is 3.84. The van der Waals surface area contributed by atoms with Crippen molar-refractivity contribution in [1.29, 1.82) is 21.0 Å². The minimum Gasteiger partial charge on any atom is -0.417 e. The Morgan fingerprint density at radius 1 is 0.765 bits per heavy atom. The molecular weight excluding hydrogens is 444 g/mol. The standard InChI is InChI=1S/C26H10N6OS/c27-11-16(12-28)22-18-8-4-5-9-19(18)23(17(13-29)14-30)20(22)10-21-31-26-24(33-21)32-25(34-26)15-6-2-1-3-7-15/h1-10H. The fourth-order valence-corrected chi connectivity index (χ4v) is 4.71. The van der Waals surface area contributed by atoms with Gasteiger partial charge in [0.25, 0.3) is 5.71 Å². The number of nitriles is 4. The maximum atomic E-state index is 9.60. The number of allylic oxidation sites excluding steroid dienone is 5. The van der Waals surface area contributed by atoms with Crippen LogP contribution >= 0.6 is 11.3 Å². The van der Waals surface area contributed by atoms with Crippen molar-refractivity contribution in [3.8, 4) is 34.8 Å². The first-order valence-electron chi connectivity index (χ1n) is 9.92. The van der Waals surface area contributed by atoms with Crippen molar-refractivity contribution < 1.29 is 4.42 Å². The number of rotatable bonds is 2. The van der Waals surface area contributed by atoms with Crippen LogP contribution < -0.4 is 0 Å². The quantitative estimate of drug-likeness (QED) is 0.357. The highest BCUT2D eigenvalue weighted by Crippen LogP contribution is 2.48. The average Bonchev–Trinajstić information content (AvgIpc) is 3.53. The molecule has 0 saturated heterocycles. The van der Waals surface area contributed by atoms with E-state index in [4.69, 9.17) is 4.42 Å². The Bertz CT molecular complexity index is 1610. The molecule has 2 heterocycles. The number of hydrogen-bond acceptors (Lipinski definition) is 8. The molecule has 8 heteroatoms. The molecule has 0 unspecified atom stereocenters. The number of hydrogen-bond donors (Lipinski definition) is 0. The van der Waals surface area contributed by atoms with Gasteiger partial charge in [-0.25, -0.2) is 0 Å². The summed E-state index contributed by atoms with van der Waals surface area (Å²) < 4.78 is 5.86. The molecule has 1 aliphatic rings. The molecule has 0 amide bonds. The summed E-state index contributed by atoms with van der Waals surface area (Å²) in [5, 5.41) is 39.2. The number of aromatic nitrogens is 2. The van der Waals surface area contributed by atoms with Gasteiger partial charge in [0.2, 0.25) is 5.89 Å². The van der Waals surface area contributed by atoms with Crippen molar-refractivity contribution in [2.24, 2.45) is 0 Å². The molecule has 2 aromatic heterocycles. The molecule has 5 rings (SSSR count). The van der Waals surface area contributed by atoms with Crippen molar-refractivity contribution in [3.05, 3.63) is 88.3 Å². The summed E-state index contributed by atoms with van der Waals surface area (Å²) in [5.74, 6) is 0.191. The molecule has 156 valence electrons. The van der Waals surface area contributed by atoms with Gasteiger partial charge >= 0.3 is 0 Å². The maximum absolute atomic E-state index is 9.60. The van der Waals surface area contributed by atoms with Crippen molar-refractivity contribution in [2.75, 3.05) is 0 Å². The molecule has 0 radical (unpaired) electrons. The zero-order chi connectivity index (χ0) is 23.7. The lowest BCUT2D eigenvalue weighted by atomic mass is 9.96. The molecule has 0 spiro atoms. The number of benzene rings is 2. The fraction of sp³-hybridized carbons (Fsp3) is 0. The van der Waals surface area contributed by atoms with Gasteiger partial charge in [-0.15, -0.1) is 0 Å². The van der Waals surface area contributed by atoms with E-state index >= 15 is 0 Å². The van der Waals surface area contributed by atoms with E-state index in [0.717, 1.165) is 10.6 Å². The van der Waals surface area contributed by atoms with Crippen LogP contribution in [-0.4, -0.2) is 9.97 Å². The number of fused-ring (bicyclic) bond motifs is 2. The first kappa shape index (κ1) is 20.6. The van der Waals surface area contributed by atoms with Crippen molar-refractivity contribution >= 4 is 39.1 Å². The number of oxazole rings is 1. The van der Waals surface area contributed by atoms with E-state index in [2.05, 4.69) is 9.97 Å². The lowest BCUT2D eigenvalue weighted by molar-refractivity contribution is 0.579. The van der Waals surface area contributed by atoms with Crippen molar-refractivity contribution in [3.63, 3.8) is 0 Å². The summed E-state index contributed by atoms with van der Waals surface area (Å²) in [6.45, 7) is 0. The first-order valence-corrected chi connectivity index (χ1v) is 10.7. The SMILES string of the molecule is N#CC(C#N)=C1C(=Cc2nc3sc(-c4ccccc4)nc3o2)C(=C(C#N)C#N)c2ccccc21. The van der Waals surface area contributed by atoms with Crippen LogP contribution in [0.5, 0.6) is 0 Å². The van der Waals surface area contributed by atoms with Crippen molar-refractivity contribution in [2.45, 2.75) is 0 Å². The molecule has 4 aromatic rings. The highest BCUT2D eigenvalue weighted by molar-refractivity contribution is 7.21. The smallest absolute Gasteiger partial charge is 0.259 e. The Labute approximate surface area is 197 Å². The Morgan fingerprint density at radius 3 is 1.85 bits per heavy atom. The van der Waals surface area contributed by atoms with Gasteiger partial charge in [-0.3, -0.25) is 0 Å². The highest BCUT2D eigenvalue weighted by atomic mass is 32.1. The third-order valence-corrected chi connectivity index (χ3v) is 6.21. The lowest BCUT2D eigenvalue weighted by Crippen LogP contribution is -1.90. The Kier molecular flexibility index (Phi) is 5.05. The van der Waals surface area contributed by atoms with E-state index in [-0.39, 0.29) is 17.0 Å². The first-order chi connectivity index (χ1) is 16.7. The highest BCUT2D eigenvalue weighted by Gasteiger charge is 2.32. The molecule has 0 saturated carbocycles.